The van der Waals surface area contributed by atoms with Crippen LogP contribution in [0, 0.1) is 12.3 Å². The van der Waals surface area contributed by atoms with Crippen molar-refractivity contribution in [3.8, 4) is 35.3 Å². The number of benzene rings is 3. The van der Waals surface area contributed by atoms with Gasteiger partial charge in [-0.15, -0.1) is 12.3 Å². The van der Waals surface area contributed by atoms with Crippen LogP contribution in [0.3, 0.4) is 0 Å². The van der Waals surface area contributed by atoms with Crippen LogP contribution in [0.2, 0.25) is 0 Å². The minimum Gasteiger partial charge on any atom is -0.508 e. The molecule has 0 bridgehead atoms. The van der Waals surface area contributed by atoms with Gasteiger partial charge in [0.1, 0.15) is 23.0 Å². The molecular formula is C29H26N2O6. The Morgan fingerprint density at radius 2 is 1.59 bits per heavy atom. The summed E-state index contributed by atoms with van der Waals surface area (Å²) in [6.07, 6.45) is 5.68. The molecule has 1 unspecified atom stereocenters. The Kier molecular flexibility index (Phi) is 5.61. The first kappa shape index (κ1) is 24.2. The van der Waals surface area contributed by atoms with Crippen LogP contribution in [0.25, 0.3) is 0 Å². The van der Waals surface area contributed by atoms with E-state index < -0.39 is 17.6 Å². The van der Waals surface area contributed by atoms with Gasteiger partial charge in [0.25, 0.3) is 0 Å². The summed E-state index contributed by atoms with van der Waals surface area (Å²) in [5.74, 6) is 2.17. The fourth-order valence-corrected chi connectivity index (χ4v) is 4.86. The number of fused-ring (bicyclic) bond motifs is 6. The quantitative estimate of drug-likeness (QED) is 0.311. The minimum absolute atomic E-state index is 0.0227. The molecule has 1 amide bonds. The smallest absolute Gasteiger partial charge is 0.340 e. The van der Waals surface area contributed by atoms with E-state index in [0.29, 0.717) is 33.9 Å². The molecule has 1 spiro atoms. The van der Waals surface area contributed by atoms with Crippen LogP contribution in [0.4, 0.5) is 5.69 Å². The first-order chi connectivity index (χ1) is 17.5. The number of amides is 1. The molecule has 2 heterocycles. The van der Waals surface area contributed by atoms with Gasteiger partial charge in [-0.1, -0.05) is 6.07 Å². The number of rotatable bonds is 4. The topological polar surface area (TPSA) is 117 Å². The molecule has 0 saturated heterocycles. The van der Waals surface area contributed by atoms with Gasteiger partial charge in [0.2, 0.25) is 5.91 Å². The number of carbonyl (C=O) groups is 2. The van der Waals surface area contributed by atoms with Crippen LogP contribution in [-0.4, -0.2) is 33.7 Å². The summed E-state index contributed by atoms with van der Waals surface area (Å²) in [6.45, 7) is 5.83. The molecule has 2 aliphatic rings. The summed E-state index contributed by atoms with van der Waals surface area (Å²) in [5.41, 5.74) is 0.588. The van der Waals surface area contributed by atoms with Crippen LogP contribution in [0.15, 0.2) is 54.6 Å². The average molecular weight is 499 g/mol. The Morgan fingerprint density at radius 3 is 2.16 bits per heavy atom. The van der Waals surface area contributed by atoms with E-state index in [0.717, 1.165) is 0 Å². The minimum atomic E-state index is -1.36. The highest BCUT2D eigenvalue weighted by molar-refractivity contribution is 6.00. The molecule has 3 aromatic carbocycles. The average Bonchev–Trinajstić information content (AvgIpc) is 3.10. The molecule has 8 heteroatoms. The summed E-state index contributed by atoms with van der Waals surface area (Å²) in [5, 5.41) is 26.2. The zero-order valence-corrected chi connectivity index (χ0v) is 20.6. The molecule has 4 N–H and O–H groups in total. The highest BCUT2D eigenvalue weighted by Crippen LogP contribution is 2.57. The number of phenols is 2. The standard InChI is InChI=1S/C29H26N2O6/c1-5-6-23(31-28(2,3)4)26(34)30-16-7-10-20-19(13-16)27(35)37-29(20)21-11-8-17(32)14-24(21)36-25-15-18(33)9-12-22(25)29/h1,7-15,23,31-33H,6H2,2-4H3,(H,30,34). The Balaban J connectivity index is 1.58. The number of hydrogen-bond donors (Lipinski definition) is 4. The van der Waals surface area contributed by atoms with E-state index in [1.165, 1.54) is 24.3 Å². The number of esters is 1. The lowest BCUT2D eigenvalue weighted by Crippen LogP contribution is -2.49. The van der Waals surface area contributed by atoms with Gasteiger partial charge < -0.3 is 30.3 Å². The second kappa shape index (κ2) is 8.57. The summed E-state index contributed by atoms with van der Waals surface area (Å²) in [4.78, 5) is 26.2. The number of nitrogens with one attached hydrogen (secondary N) is 2. The summed E-state index contributed by atoms with van der Waals surface area (Å²) >= 11 is 0. The lowest BCUT2D eigenvalue weighted by atomic mass is 9.77. The predicted octanol–water partition coefficient (Wildman–Crippen LogP) is 4.38. The summed E-state index contributed by atoms with van der Waals surface area (Å²) in [6, 6.07) is 13.5. The summed E-state index contributed by atoms with van der Waals surface area (Å²) in [7, 11) is 0. The number of aromatic hydroxyl groups is 2. The van der Waals surface area contributed by atoms with Gasteiger partial charge >= 0.3 is 5.97 Å². The number of terminal acetylenes is 1. The third-order valence-electron chi connectivity index (χ3n) is 6.29. The molecule has 0 aromatic heterocycles. The molecule has 0 saturated carbocycles. The summed E-state index contributed by atoms with van der Waals surface area (Å²) < 4.78 is 12.0. The Labute approximate surface area is 214 Å². The lowest BCUT2D eigenvalue weighted by Gasteiger charge is -2.36. The van der Waals surface area contributed by atoms with Gasteiger partial charge in [0, 0.05) is 46.5 Å². The van der Waals surface area contributed by atoms with E-state index in [1.54, 1.807) is 30.3 Å². The first-order valence-electron chi connectivity index (χ1n) is 11.8. The normalized spacial score (nSPS) is 15.5. The van der Waals surface area contributed by atoms with Crippen molar-refractivity contribution in [1.82, 2.24) is 5.32 Å². The predicted molar refractivity (Wildman–Crippen MR) is 137 cm³/mol. The highest BCUT2D eigenvalue weighted by atomic mass is 16.6. The van der Waals surface area contributed by atoms with Crippen LogP contribution in [-0.2, 0) is 15.1 Å². The van der Waals surface area contributed by atoms with Crippen molar-refractivity contribution in [2.24, 2.45) is 0 Å². The van der Waals surface area contributed by atoms with E-state index in [2.05, 4.69) is 16.6 Å². The number of ether oxygens (including phenoxy) is 2. The van der Waals surface area contributed by atoms with Gasteiger partial charge in [-0.25, -0.2) is 4.79 Å². The van der Waals surface area contributed by atoms with Crippen molar-refractivity contribution in [2.75, 3.05) is 5.32 Å². The first-order valence-corrected chi connectivity index (χ1v) is 11.8. The second-order valence-electron chi connectivity index (χ2n) is 10.1. The number of carbonyl (C=O) groups excluding carboxylic acids is 2. The van der Waals surface area contributed by atoms with E-state index in [1.807, 2.05) is 20.8 Å². The van der Waals surface area contributed by atoms with Crippen molar-refractivity contribution in [1.29, 1.82) is 0 Å². The van der Waals surface area contributed by atoms with E-state index in [4.69, 9.17) is 15.9 Å². The largest absolute Gasteiger partial charge is 0.508 e. The molecule has 3 aromatic rings. The molecule has 1 atom stereocenters. The molecule has 0 aliphatic carbocycles. The Morgan fingerprint density at radius 1 is 1.00 bits per heavy atom. The second-order valence-corrected chi connectivity index (χ2v) is 10.1. The van der Waals surface area contributed by atoms with E-state index in [9.17, 15) is 19.8 Å². The molecule has 8 nitrogen and oxygen atoms in total. The Hall–Kier alpha value is -4.48. The highest BCUT2D eigenvalue weighted by Gasteiger charge is 2.53. The third-order valence-corrected chi connectivity index (χ3v) is 6.29. The van der Waals surface area contributed by atoms with Gasteiger partial charge in [-0.2, -0.15) is 0 Å². The van der Waals surface area contributed by atoms with Gasteiger partial charge in [0.05, 0.1) is 11.6 Å². The monoisotopic (exact) mass is 498 g/mol. The molecule has 37 heavy (non-hydrogen) atoms. The van der Waals surface area contributed by atoms with Crippen LogP contribution in [0.5, 0.6) is 23.0 Å². The van der Waals surface area contributed by atoms with Crippen molar-refractivity contribution in [3.63, 3.8) is 0 Å². The van der Waals surface area contributed by atoms with Crippen molar-refractivity contribution in [2.45, 2.75) is 44.4 Å². The zero-order chi connectivity index (χ0) is 26.5. The van der Waals surface area contributed by atoms with Crippen LogP contribution < -0.4 is 15.4 Å². The molecule has 0 radical (unpaired) electrons. The fraction of sp³-hybridized carbons (Fsp3) is 0.241. The fourth-order valence-electron chi connectivity index (χ4n) is 4.86. The molecule has 188 valence electrons. The molecule has 0 fully saturated rings. The number of phenolic OH excluding ortho intramolecular Hbond substituents is 2. The van der Waals surface area contributed by atoms with Crippen molar-refractivity contribution >= 4 is 17.6 Å². The number of anilines is 1. The maximum atomic E-state index is 13.2. The maximum Gasteiger partial charge on any atom is 0.340 e. The molecule has 5 rings (SSSR count). The van der Waals surface area contributed by atoms with Crippen LogP contribution in [0.1, 0.15) is 54.2 Å². The van der Waals surface area contributed by atoms with E-state index in [-0.39, 0.29) is 34.9 Å². The molecular weight excluding hydrogens is 472 g/mol. The zero-order valence-electron chi connectivity index (χ0n) is 20.6. The van der Waals surface area contributed by atoms with E-state index >= 15 is 0 Å². The van der Waals surface area contributed by atoms with Crippen molar-refractivity contribution in [3.05, 3.63) is 76.9 Å². The van der Waals surface area contributed by atoms with Gasteiger partial charge in [0.15, 0.2) is 5.60 Å². The van der Waals surface area contributed by atoms with Crippen molar-refractivity contribution < 1.29 is 29.3 Å². The Bertz CT molecular complexity index is 1430. The number of hydrogen-bond acceptors (Lipinski definition) is 7. The van der Waals surface area contributed by atoms with Gasteiger partial charge in [-0.3, -0.25) is 4.79 Å². The molecule has 2 aliphatic heterocycles. The third kappa shape index (κ3) is 4.13. The SMILES string of the molecule is C#CCC(NC(C)(C)C)C(=O)Nc1ccc2c(c1)C(=O)OC21c2ccc(O)cc2Oc2cc(O)ccc21. The lowest BCUT2D eigenvalue weighted by molar-refractivity contribution is -0.118. The van der Waals surface area contributed by atoms with Gasteiger partial charge in [-0.05, 0) is 57.2 Å². The maximum absolute atomic E-state index is 13.2. The van der Waals surface area contributed by atoms with Crippen LogP contribution >= 0.6 is 0 Å².